The molecule has 0 radical (unpaired) electrons. The average Bonchev–Trinajstić information content (AvgIpc) is 2.54. The van der Waals surface area contributed by atoms with Gasteiger partial charge < -0.3 is 10.4 Å². The lowest BCUT2D eigenvalue weighted by atomic mass is 9.93. The first-order valence-corrected chi connectivity index (χ1v) is 7.74. The van der Waals surface area contributed by atoms with Gasteiger partial charge in [0.05, 0.1) is 11.0 Å². The zero-order valence-corrected chi connectivity index (χ0v) is 13.2. The molecule has 0 bridgehead atoms. The summed E-state index contributed by atoms with van der Waals surface area (Å²) in [5.74, 6) is 0.166. The average molecular weight is 314 g/mol. The van der Waals surface area contributed by atoms with E-state index in [0.717, 1.165) is 5.56 Å². The Morgan fingerprint density at radius 3 is 2.43 bits per heavy atom. The van der Waals surface area contributed by atoms with Crippen LogP contribution < -0.4 is 5.32 Å². The quantitative estimate of drug-likeness (QED) is 0.579. The normalized spacial score (nSPS) is 13.5. The Kier molecular flexibility index (Phi) is 6.26. The first-order chi connectivity index (χ1) is 11.1. The molecule has 0 saturated carbocycles. The molecule has 0 amide bonds. The molecule has 0 aliphatic carbocycles. The highest BCUT2D eigenvalue weighted by atomic mass is 16.6. The summed E-state index contributed by atoms with van der Waals surface area (Å²) in [5.41, 5.74) is 1.96. The van der Waals surface area contributed by atoms with Crippen molar-refractivity contribution < 1.29 is 10.0 Å². The Labute approximate surface area is 136 Å². The van der Waals surface area contributed by atoms with Gasteiger partial charge >= 0.3 is 0 Å². The molecule has 2 unspecified atom stereocenters. The summed E-state index contributed by atoms with van der Waals surface area (Å²) in [5, 5.41) is 24.0. The molecule has 23 heavy (non-hydrogen) atoms. The molecule has 2 aromatic carbocycles. The number of hydrogen-bond donors (Lipinski definition) is 2. The summed E-state index contributed by atoms with van der Waals surface area (Å²) < 4.78 is 0. The molecule has 0 aliphatic heterocycles. The van der Waals surface area contributed by atoms with Crippen LogP contribution in [-0.4, -0.2) is 22.7 Å². The Hall–Kier alpha value is -2.24. The molecule has 0 fully saturated rings. The Morgan fingerprint density at radius 1 is 1.13 bits per heavy atom. The third kappa shape index (κ3) is 5.16. The summed E-state index contributed by atoms with van der Waals surface area (Å²) in [7, 11) is 0. The van der Waals surface area contributed by atoms with E-state index in [-0.39, 0.29) is 16.5 Å². The number of aliphatic hydroxyl groups excluding tert-OH is 1. The van der Waals surface area contributed by atoms with Crippen LogP contribution in [0.3, 0.4) is 0 Å². The molecule has 5 nitrogen and oxygen atoms in total. The smallest absolute Gasteiger partial charge is 0.273 e. The summed E-state index contributed by atoms with van der Waals surface area (Å²) >= 11 is 0. The van der Waals surface area contributed by atoms with E-state index in [4.69, 9.17) is 0 Å². The van der Waals surface area contributed by atoms with Crippen LogP contribution in [0.25, 0.3) is 0 Å². The monoisotopic (exact) mass is 314 g/mol. The fourth-order valence-corrected chi connectivity index (χ4v) is 2.69. The molecular weight excluding hydrogens is 292 g/mol. The number of nitrogens with one attached hydrogen (secondary N) is 1. The van der Waals surface area contributed by atoms with Crippen LogP contribution in [-0.2, 0) is 6.54 Å². The van der Waals surface area contributed by atoms with E-state index in [2.05, 4.69) is 5.32 Å². The zero-order valence-electron chi connectivity index (χ0n) is 13.2. The maximum absolute atomic E-state index is 11.0. The van der Waals surface area contributed by atoms with E-state index in [1.54, 1.807) is 25.1 Å². The van der Waals surface area contributed by atoms with Crippen LogP contribution in [0.1, 0.15) is 30.4 Å². The maximum atomic E-state index is 11.0. The van der Waals surface area contributed by atoms with Gasteiger partial charge in [-0.05, 0) is 24.8 Å². The number of benzene rings is 2. The minimum Gasteiger partial charge on any atom is -0.393 e. The van der Waals surface area contributed by atoms with Crippen LogP contribution >= 0.6 is 0 Å². The number of nitro benzene ring substituents is 1. The Morgan fingerprint density at radius 2 is 1.78 bits per heavy atom. The van der Waals surface area contributed by atoms with Crippen molar-refractivity contribution in [2.45, 2.75) is 31.9 Å². The van der Waals surface area contributed by atoms with Crippen molar-refractivity contribution in [1.29, 1.82) is 0 Å². The summed E-state index contributed by atoms with van der Waals surface area (Å²) in [6.45, 7) is 2.86. The Balaban J connectivity index is 2.01. The number of nitro groups is 1. The highest BCUT2D eigenvalue weighted by Gasteiger charge is 2.16. The van der Waals surface area contributed by atoms with Crippen LogP contribution in [0.5, 0.6) is 0 Å². The molecule has 0 spiro atoms. The van der Waals surface area contributed by atoms with E-state index in [1.807, 2.05) is 30.3 Å². The molecule has 122 valence electrons. The topological polar surface area (TPSA) is 75.4 Å². The van der Waals surface area contributed by atoms with Crippen molar-refractivity contribution in [1.82, 2.24) is 5.32 Å². The third-order valence-electron chi connectivity index (χ3n) is 3.79. The van der Waals surface area contributed by atoms with Crippen molar-refractivity contribution in [3.8, 4) is 0 Å². The standard InChI is InChI=1S/C18H22N2O3/c1-14(21)11-17(15-7-3-2-4-8-15)13-19-12-16-9-5-6-10-18(16)20(22)23/h2-10,14,17,19,21H,11-13H2,1H3. The lowest BCUT2D eigenvalue weighted by molar-refractivity contribution is -0.385. The molecule has 0 saturated heterocycles. The van der Waals surface area contributed by atoms with Gasteiger partial charge in [0.15, 0.2) is 0 Å². The van der Waals surface area contributed by atoms with Gasteiger partial charge in [-0.25, -0.2) is 0 Å². The van der Waals surface area contributed by atoms with Crippen LogP contribution in [0, 0.1) is 10.1 Å². The van der Waals surface area contributed by atoms with Gasteiger partial charge in [0, 0.05) is 24.7 Å². The van der Waals surface area contributed by atoms with Crippen molar-refractivity contribution in [3.63, 3.8) is 0 Å². The van der Waals surface area contributed by atoms with E-state index in [1.165, 1.54) is 6.07 Å². The van der Waals surface area contributed by atoms with E-state index >= 15 is 0 Å². The van der Waals surface area contributed by atoms with Gasteiger partial charge in [-0.2, -0.15) is 0 Å². The van der Waals surface area contributed by atoms with Crippen LogP contribution in [0.15, 0.2) is 54.6 Å². The van der Waals surface area contributed by atoms with Crippen LogP contribution in [0.4, 0.5) is 5.69 Å². The van der Waals surface area contributed by atoms with Gasteiger partial charge in [0.2, 0.25) is 0 Å². The largest absolute Gasteiger partial charge is 0.393 e. The van der Waals surface area contributed by atoms with Crippen molar-refractivity contribution in [3.05, 3.63) is 75.8 Å². The van der Waals surface area contributed by atoms with Crippen molar-refractivity contribution in [2.75, 3.05) is 6.54 Å². The molecule has 0 aliphatic rings. The van der Waals surface area contributed by atoms with E-state index in [0.29, 0.717) is 25.1 Å². The summed E-state index contributed by atoms with van der Waals surface area (Å²) in [6, 6.07) is 16.7. The third-order valence-corrected chi connectivity index (χ3v) is 3.79. The Bertz CT molecular complexity index is 629. The second kappa shape index (κ2) is 8.41. The fraction of sp³-hybridized carbons (Fsp3) is 0.333. The SMILES string of the molecule is CC(O)CC(CNCc1ccccc1[N+](=O)[O-])c1ccccc1. The minimum atomic E-state index is -0.395. The molecule has 0 aromatic heterocycles. The molecule has 0 heterocycles. The zero-order chi connectivity index (χ0) is 16.7. The molecule has 5 heteroatoms. The number of hydrogen-bond acceptors (Lipinski definition) is 4. The first-order valence-electron chi connectivity index (χ1n) is 7.74. The van der Waals surface area contributed by atoms with Crippen LogP contribution in [0.2, 0.25) is 0 Å². The van der Waals surface area contributed by atoms with Gasteiger partial charge in [-0.15, -0.1) is 0 Å². The predicted molar refractivity (Wildman–Crippen MR) is 90.3 cm³/mol. The summed E-state index contributed by atoms with van der Waals surface area (Å²) in [6.07, 6.45) is 0.251. The molecule has 2 atom stereocenters. The molecule has 2 rings (SSSR count). The maximum Gasteiger partial charge on any atom is 0.273 e. The molecule has 2 aromatic rings. The van der Waals surface area contributed by atoms with E-state index in [9.17, 15) is 15.2 Å². The number of rotatable bonds is 8. The number of para-hydroxylation sites is 1. The second-order valence-electron chi connectivity index (χ2n) is 5.71. The predicted octanol–water partition coefficient (Wildman–Crippen LogP) is 3.24. The van der Waals surface area contributed by atoms with Gasteiger partial charge in [-0.3, -0.25) is 10.1 Å². The second-order valence-corrected chi connectivity index (χ2v) is 5.71. The van der Waals surface area contributed by atoms with Crippen molar-refractivity contribution in [2.24, 2.45) is 0 Å². The highest BCUT2D eigenvalue weighted by Crippen LogP contribution is 2.21. The van der Waals surface area contributed by atoms with Gasteiger partial charge in [-0.1, -0.05) is 48.5 Å². The fourth-order valence-electron chi connectivity index (χ4n) is 2.69. The van der Waals surface area contributed by atoms with E-state index < -0.39 is 6.10 Å². The van der Waals surface area contributed by atoms with Crippen molar-refractivity contribution >= 4 is 5.69 Å². The lowest BCUT2D eigenvalue weighted by Gasteiger charge is -2.19. The molecular formula is C18H22N2O3. The highest BCUT2D eigenvalue weighted by molar-refractivity contribution is 5.39. The summed E-state index contributed by atoms with van der Waals surface area (Å²) in [4.78, 5) is 10.7. The number of aliphatic hydroxyl groups is 1. The van der Waals surface area contributed by atoms with Gasteiger partial charge in [0.1, 0.15) is 0 Å². The van der Waals surface area contributed by atoms with Gasteiger partial charge in [0.25, 0.3) is 5.69 Å². The molecule has 2 N–H and O–H groups in total. The minimum absolute atomic E-state index is 0.131. The first kappa shape index (κ1) is 17.1. The number of nitrogens with zero attached hydrogens (tertiary/aromatic N) is 1. The lowest BCUT2D eigenvalue weighted by Crippen LogP contribution is -2.24.